The van der Waals surface area contributed by atoms with Gasteiger partial charge in [-0.3, -0.25) is 4.79 Å². The molecule has 2 heterocycles. The van der Waals surface area contributed by atoms with Crippen molar-refractivity contribution in [1.29, 1.82) is 0 Å². The second-order valence-electron chi connectivity index (χ2n) is 7.06. The highest BCUT2D eigenvalue weighted by molar-refractivity contribution is 5.83. The molecule has 3 rings (SSSR count). The third kappa shape index (κ3) is 3.78. The van der Waals surface area contributed by atoms with Crippen LogP contribution in [0.25, 0.3) is 0 Å². The minimum atomic E-state index is -0.407. The molecule has 26 heavy (non-hydrogen) atoms. The zero-order chi connectivity index (χ0) is 18.6. The first-order chi connectivity index (χ1) is 12.6. The molecule has 0 aromatic heterocycles. The number of ether oxygens (including phenoxy) is 2. The van der Waals surface area contributed by atoms with Gasteiger partial charge in [-0.2, -0.15) is 0 Å². The first-order valence-electron chi connectivity index (χ1n) is 9.17. The molecule has 2 saturated heterocycles. The number of halogens is 1. The van der Waals surface area contributed by atoms with Gasteiger partial charge in [0.05, 0.1) is 24.8 Å². The number of nitrogens with one attached hydrogen (secondary N) is 1. The van der Waals surface area contributed by atoms with Crippen molar-refractivity contribution in [2.45, 2.75) is 12.8 Å². The first kappa shape index (κ1) is 18.9. The van der Waals surface area contributed by atoms with E-state index in [0.717, 1.165) is 31.6 Å². The normalized spacial score (nSPS) is 20.1. The summed E-state index contributed by atoms with van der Waals surface area (Å²) in [5, 5.41) is 3.32. The third-order valence-electron chi connectivity index (χ3n) is 5.48. The Balaban J connectivity index is 1.67. The third-order valence-corrected chi connectivity index (χ3v) is 5.48. The first-order valence-corrected chi connectivity index (χ1v) is 9.17. The minimum Gasteiger partial charge on any atom is -0.494 e. The predicted octanol–water partition coefficient (Wildman–Crippen LogP) is 1.50. The zero-order valence-corrected chi connectivity index (χ0v) is 15.6. The number of piperazine rings is 1. The monoisotopic (exact) mass is 365 g/mol. The molecule has 7 heteroatoms. The van der Waals surface area contributed by atoms with Gasteiger partial charge in [0.15, 0.2) is 0 Å². The van der Waals surface area contributed by atoms with E-state index in [2.05, 4.69) is 10.2 Å². The summed E-state index contributed by atoms with van der Waals surface area (Å²) in [4.78, 5) is 17.3. The van der Waals surface area contributed by atoms with E-state index in [0.29, 0.717) is 38.5 Å². The number of rotatable bonds is 5. The summed E-state index contributed by atoms with van der Waals surface area (Å²) in [6.07, 6.45) is 1.62. The molecule has 2 aliphatic rings. The summed E-state index contributed by atoms with van der Waals surface area (Å²) in [6.45, 7) is 4.88. The van der Waals surface area contributed by atoms with E-state index < -0.39 is 5.41 Å². The van der Waals surface area contributed by atoms with E-state index in [1.807, 2.05) is 4.90 Å². The largest absolute Gasteiger partial charge is 0.494 e. The fraction of sp³-hybridized carbons (Fsp3) is 0.632. The molecule has 1 N–H and O–H groups in total. The molecule has 0 bridgehead atoms. The lowest BCUT2D eigenvalue weighted by atomic mass is 9.78. The van der Waals surface area contributed by atoms with Crippen LogP contribution >= 0.6 is 0 Å². The lowest BCUT2D eigenvalue weighted by molar-refractivity contribution is -0.147. The molecule has 0 radical (unpaired) electrons. The van der Waals surface area contributed by atoms with Crippen molar-refractivity contribution in [3.8, 4) is 5.75 Å². The van der Waals surface area contributed by atoms with Gasteiger partial charge in [0.1, 0.15) is 11.6 Å². The van der Waals surface area contributed by atoms with Crippen LogP contribution in [0.2, 0.25) is 0 Å². The molecule has 0 aliphatic carbocycles. The Bertz CT molecular complexity index is 621. The predicted molar refractivity (Wildman–Crippen MR) is 98.2 cm³/mol. The maximum Gasteiger partial charge on any atom is 0.231 e. The minimum absolute atomic E-state index is 0.201. The second-order valence-corrected chi connectivity index (χ2v) is 7.06. The molecule has 0 saturated carbocycles. The molecule has 1 aromatic carbocycles. The Morgan fingerprint density at radius 3 is 2.50 bits per heavy atom. The van der Waals surface area contributed by atoms with Crippen molar-refractivity contribution in [3.63, 3.8) is 0 Å². The number of benzene rings is 1. The van der Waals surface area contributed by atoms with Gasteiger partial charge in [-0.15, -0.1) is 0 Å². The topological polar surface area (TPSA) is 54.0 Å². The number of piperidine rings is 1. The van der Waals surface area contributed by atoms with Crippen LogP contribution in [0.5, 0.6) is 5.75 Å². The van der Waals surface area contributed by atoms with Crippen LogP contribution in [-0.4, -0.2) is 70.9 Å². The number of amides is 1. The lowest BCUT2D eigenvalue weighted by Gasteiger charge is -2.43. The van der Waals surface area contributed by atoms with Gasteiger partial charge in [-0.25, -0.2) is 4.39 Å². The molecule has 1 amide bonds. The summed E-state index contributed by atoms with van der Waals surface area (Å²) in [5.74, 6) is 0.414. The molecule has 6 nitrogen and oxygen atoms in total. The summed E-state index contributed by atoms with van der Waals surface area (Å²) in [7, 11) is 3.21. The Kier molecular flexibility index (Phi) is 5.98. The van der Waals surface area contributed by atoms with Crippen LogP contribution < -0.4 is 15.0 Å². The van der Waals surface area contributed by atoms with Crippen molar-refractivity contribution in [1.82, 2.24) is 10.2 Å². The zero-order valence-electron chi connectivity index (χ0n) is 15.6. The van der Waals surface area contributed by atoms with Crippen LogP contribution in [0.3, 0.4) is 0 Å². The standard InChI is InChI=1S/C19H28FN3O3/c1-25-14-19(5-7-21-8-6-19)18(24)23-11-9-22(10-12-23)16-4-3-15(20)13-17(16)26-2/h3-4,13,21H,5-12,14H2,1-2H3. The SMILES string of the molecule is COCC1(C(=O)N2CCN(c3ccc(F)cc3OC)CC2)CCNCC1. The number of hydrogen-bond donors (Lipinski definition) is 1. The highest BCUT2D eigenvalue weighted by atomic mass is 19.1. The Morgan fingerprint density at radius 1 is 1.19 bits per heavy atom. The van der Waals surface area contributed by atoms with Crippen molar-refractivity contribution in [2.24, 2.45) is 5.41 Å². The molecular weight excluding hydrogens is 337 g/mol. The van der Waals surface area contributed by atoms with Crippen molar-refractivity contribution in [3.05, 3.63) is 24.0 Å². The molecule has 144 valence electrons. The fourth-order valence-corrected chi connectivity index (χ4v) is 4.00. The number of methoxy groups -OCH3 is 2. The fourth-order valence-electron chi connectivity index (χ4n) is 4.00. The number of carbonyl (C=O) groups excluding carboxylic acids is 1. The molecule has 2 aliphatic heterocycles. The van der Waals surface area contributed by atoms with Crippen LogP contribution in [0.1, 0.15) is 12.8 Å². The smallest absolute Gasteiger partial charge is 0.231 e. The Labute approximate surface area is 154 Å². The summed E-state index contributed by atoms with van der Waals surface area (Å²) in [6, 6.07) is 4.58. The molecule has 0 unspecified atom stereocenters. The van der Waals surface area contributed by atoms with Crippen LogP contribution in [0, 0.1) is 11.2 Å². The van der Waals surface area contributed by atoms with Gasteiger partial charge < -0.3 is 24.6 Å². The highest BCUT2D eigenvalue weighted by Crippen LogP contribution is 2.33. The van der Waals surface area contributed by atoms with Crippen LogP contribution in [-0.2, 0) is 9.53 Å². The maximum atomic E-state index is 13.4. The van der Waals surface area contributed by atoms with E-state index in [-0.39, 0.29) is 11.7 Å². The van der Waals surface area contributed by atoms with E-state index in [9.17, 15) is 9.18 Å². The number of hydrogen-bond acceptors (Lipinski definition) is 5. The van der Waals surface area contributed by atoms with Crippen molar-refractivity contribution in [2.75, 3.05) is 65.0 Å². The van der Waals surface area contributed by atoms with Gasteiger partial charge in [-0.1, -0.05) is 0 Å². The van der Waals surface area contributed by atoms with Crippen LogP contribution in [0.4, 0.5) is 10.1 Å². The van der Waals surface area contributed by atoms with E-state index >= 15 is 0 Å². The van der Waals surface area contributed by atoms with Gasteiger partial charge in [0.25, 0.3) is 0 Å². The van der Waals surface area contributed by atoms with Gasteiger partial charge in [0, 0.05) is 39.4 Å². The summed E-state index contributed by atoms with van der Waals surface area (Å²) >= 11 is 0. The summed E-state index contributed by atoms with van der Waals surface area (Å²) in [5.41, 5.74) is 0.463. The number of nitrogens with zero attached hydrogens (tertiary/aromatic N) is 2. The van der Waals surface area contributed by atoms with E-state index in [1.54, 1.807) is 20.3 Å². The lowest BCUT2D eigenvalue weighted by Crippen LogP contribution is -2.56. The average Bonchev–Trinajstić information content (AvgIpc) is 2.68. The van der Waals surface area contributed by atoms with E-state index in [4.69, 9.17) is 9.47 Å². The molecule has 1 aromatic rings. The molecule has 0 atom stereocenters. The van der Waals surface area contributed by atoms with Crippen LogP contribution in [0.15, 0.2) is 18.2 Å². The van der Waals surface area contributed by atoms with Gasteiger partial charge >= 0.3 is 0 Å². The van der Waals surface area contributed by atoms with Gasteiger partial charge in [0.2, 0.25) is 5.91 Å². The molecule has 2 fully saturated rings. The summed E-state index contributed by atoms with van der Waals surface area (Å²) < 4.78 is 24.1. The van der Waals surface area contributed by atoms with Crippen molar-refractivity contribution < 1.29 is 18.7 Å². The Hall–Kier alpha value is -1.86. The average molecular weight is 365 g/mol. The molecule has 0 spiro atoms. The van der Waals surface area contributed by atoms with E-state index in [1.165, 1.54) is 12.1 Å². The van der Waals surface area contributed by atoms with Gasteiger partial charge in [-0.05, 0) is 38.1 Å². The second kappa shape index (κ2) is 8.22. The number of carbonyl (C=O) groups is 1. The number of anilines is 1. The molecular formula is C19H28FN3O3. The maximum absolute atomic E-state index is 13.4. The highest BCUT2D eigenvalue weighted by Gasteiger charge is 2.42. The quantitative estimate of drug-likeness (QED) is 0.857. The van der Waals surface area contributed by atoms with Crippen molar-refractivity contribution >= 4 is 11.6 Å². The Morgan fingerprint density at radius 2 is 1.88 bits per heavy atom.